The summed E-state index contributed by atoms with van der Waals surface area (Å²) in [6.07, 6.45) is 2.35. The van der Waals surface area contributed by atoms with Crippen molar-refractivity contribution in [1.82, 2.24) is 5.32 Å². The van der Waals surface area contributed by atoms with Crippen LogP contribution in [0.1, 0.15) is 12.8 Å². The highest BCUT2D eigenvalue weighted by Gasteiger charge is 2.37. The summed E-state index contributed by atoms with van der Waals surface area (Å²) in [7, 11) is 4.13. The fourth-order valence-corrected chi connectivity index (χ4v) is 5.22. The molecule has 0 saturated carbocycles. The van der Waals surface area contributed by atoms with Crippen molar-refractivity contribution in [1.29, 1.82) is 0 Å². The topological polar surface area (TPSA) is 112 Å². The minimum absolute atomic E-state index is 0.398. The van der Waals surface area contributed by atoms with Gasteiger partial charge in [0, 0.05) is 48.6 Å². The van der Waals surface area contributed by atoms with E-state index in [1.807, 2.05) is 0 Å². The smallest absolute Gasteiger partial charge is 0.400 e. The van der Waals surface area contributed by atoms with E-state index in [-0.39, 0.29) is 0 Å². The maximum atomic E-state index is 5.65. The van der Waals surface area contributed by atoms with Gasteiger partial charge in [-0.3, -0.25) is 0 Å². The fraction of sp³-hybridized carbons (Fsp3) is 0.895. The summed E-state index contributed by atoms with van der Waals surface area (Å²) in [5.74, 6) is 0. The van der Waals surface area contributed by atoms with Crippen LogP contribution in [0.3, 0.4) is 0 Å². The Hall–Kier alpha value is -0.226. The summed E-state index contributed by atoms with van der Waals surface area (Å²) in [5.41, 5.74) is 6.94. The number of hydrogen-bond acceptors (Lipinski definition) is 10. The normalized spacial score (nSPS) is 11.5. The molecular formula is C19H46N2O8Si2. The second kappa shape index (κ2) is 26.0. The molecule has 0 heterocycles. The highest BCUT2D eigenvalue weighted by Crippen LogP contribution is 2.11. The minimum Gasteiger partial charge on any atom is -0.400 e. The molecule has 12 heteroatoms. The summed E-state index contributed by atoms with van der Waals surface area (Å²) in [5, 5.41) is 3.25. The molecule has 0 aliphatic heterocycles. The van der Waals surface area contributed by atoms with E-state index in [1.54, 1.807) is 41.2 Å². The minimum atomic E-state index is -2.86. The summed E-state index contributed by atoms with van der Waals surface area (Å²) in [6, 6.07) is 1.09. The highest BCUT2D eigenvalue weighted by atomic mass is 28.4. The number of hydrogen-bond donors (Lipinski definition) is 2. The van der Waals surface area contributed by atoms with Gasteiger partial charge in [0.1, 0.15) is 0 Å². The van der Waals surface area contributed by atoms with Crippen LogP contribution in [0.25, 0.3) is 0 Å². The molecule has 0 amide bonds. The fourth-order valence-electron chi connectivity index (χ4n) is 2.22. The summed E-state index contributed by atoms with van der Waals surface area (Å²) >= 11 is 0. The van der Waals surface area contributed by atoms with Crippen LogP contribution in [-0.2, 0) is 36.3 Å². The lowest BCUT2D eigenvalue weighted by Crippen LogP contribution is -2.46. The zero-order valence-corrected chi connectivity index (χ0v) is 22.3. The molecule has 0 bridgehead atoms. The van der Waals surface area contributed by atoms with E-state index >= 15 is 0 Å². The van der Waals surface area contributed by atoms with Gasteiger partial charge in [0.05, 0.1) is 39.6 Å². The van der Waals surface area contributed by atoms with Crippen LogP contribution in [0.2, 0.25) is 6.04 Å². The molecule has 0 spiro atoms. The SMILES string of the molecule is C=C[Si](OCCOC)(OCCOC)OCCOC.CO[SiH](CCCCNCCN)OC. The number of nitrogens with one attached hydrogen (secondary N) is 1. The van der Waals surface area contributed by atoms with Crippen molar-refractivity contribution in [2.24, 2.45) is 5.73 Å². The predicted octanol–water partition coefficient (Wildman–Crippen LogP) is 0.468. The van der Waals surface area contributed by atoms with Gasteiger partial charge in [-0.25, -0.2) is 0 Å². The second-order valence-corrected chi connectivity index (χ2v) is 11.1. The van der Waals surface area contributed by atoms with E-state index in [2.05, 4.69) is 11.9 Å². The van der Waals surface area contributed by atoms with Gasteiger partial charge in [0.25, 0.3) is 0 Å². The number of rotatable bonds is 22. The number of nitrogens with two attached hydrogens (primary N) is 1. The first kappa shape index (κ1) is 32.9. The third-order valence-electron chi connectivity index (χ3n) is 3.91. The predicted molar refractivity (Wildman–Crippen MR) is 127 cm³/mol. The Kier molecular flexibility index (Phi) is 27.7. The molecule has 10 nitrogen and oxygen atoms in total. The van der Waals surface area contributed by atoms with Crippen molar-refractivity contribution in [3.05, 3.63) is 12.3 Å². The zero-order chi connectivity index (χ0) is 23.6. The Morgan fingerprint density at radius 1 is 0.774 bits per heavy atom. The van der Waals surface area contributed by atoms with Gasteiger partial charge in [0.2, 0.25) is 0 Å². The molecule has 0 aliphatic rings. The van der Waals surface area contributed by atoms with E-state index in [0.717, 1.165) is 19.1 Å². The summed E-state index contributed by atoms with van der Waals surface area (Å²) in [4.78, 5) is 0. The molecule has 0 aliphatic carbocycles. The average molecular weight is 487 g/mol. The highest BCUT2D eigenvalue weighted by molar-refractivity contribution is 6.66. The van der Waals surface area contributed by atoms with Gasteiger partial charge in [-0.2, -0.15) is 0 Å². The molecule has 0 atom stereocenters. The van der Waals surface area contributed by atoms with E-state index in [0.29, 0.717) is 46.2 Å². The largest absolute Gasteiger partial charge is 0.529 e. The lowest BCUT2D eigenvalue weighted by atomic mass is 10.3. The second-order valence-electron chi connectivity index (χ2n) is 6.27. The Labute approximate surface area is 191 Å². The molecule has 0 unspecified atom stereocenters. The Bertz CT molecular complexity index is 343. The lowest BCUT2D eigenvalue weighted by Gasteiger charge is -2.26. The number of unbranched alkanes of at least 4 members (excludes halogenated alkanes) is 1. The van der Waals surface area contributed by atoms with Gasteiger partial charge < -0.3 is 47.4 Å². The maximum absolute atomic E-state index is 5.65. The molecule has 3 N–H and O–H groups in total. The van der Waals surface area contributed by atoms with Crippen LogP contribution >= 0.6 is 0 Å². The third-order valence-corrected chi connectivity index (χ3v) is 8.16. The Morgan fingerprint density at radius 2 is 1.26 bits per heavy atom. The molecule has 0 aromatic rings. The summed E-state index contributed by atoms with van der Waals surface area (Å²) < 4.78 is 42.2. The average Bonchev–Trinajstić information content (AvgIpc) is 2.79. The van der Waals surface area contributed by atoms with Crippen molar-refractivity contribution in [3.8, 4) is 0 Å². The van der Waals surface area contributed by atoms with Crippen LogP contribution in [0.4, 0.5) is 0 Å². The van der Waals surface area contributed by atoms with E-state index < -0.39 is 18.1 Å². The van der Waals surface area contributed by atoms with Crippen LogP contribution in [0, 0.1) is 0 Å². The van der Waals surface area contributed by atoms with Crippen LogP contribution in [0.15, 0.2) is 12.3 Å². The Balaban J connectivity index is 0. The van der Waals surface area contributed by atoms with Crippen molar-refractivity contribution >= 4 is 18.1 Å². The van der Waals surface area contributed by atoms with E-state index in [1.165, 1.54) is 12.8 Å². The first-order valence-electron chi connectivity index (χ1n) is 10.6. The third kappa shape index (κ3) is 21.4. The van der Waals surface area contributed by atoms with E-state index in [9.17, 15) is 0 Å². The quantitative estimate of drug-likeness (QED) is 0.165. The molecule has 0 rings (SSSR count). The molecule has 31 heavy (non-hydrogen) atoms. The zero-order valence-electron chi connectivity index (χ0n) is 20.2. The molecule has 0 saturated heterocycles. The van der Waals surface area contributed by atoms with Crippen molar-refractivity contribution in [3.63, 3.8) is 0 Å². The van der Waals surface area contributed by atoms with Crippen molar-refractivity contribution in [2.45, 2.75) is 18.9 Å². The first-order chi connectivity index (χ1) is 15.1. The molecule has 188 valence electrons. The molecule has 0 radical (unpaired) electrons. The van der Waals surface area contributed by atoms with Gasteiger partial charge in [-0.1, -0.05) is 13.0 Å². The molecular weight excluding hydrogens is 440 g/mol. The van der Waals surface area contributed by atoms with Crippen LogP contribution in [-0.4, -0.2) is 113 Å². The van der Waals surface area contributed by atoms with Crippen LogP contribution in [0.5, 0.6) is 0 Å². The van der Waals surface area contributed by atoms with Gasteiger partial charge >= 0.3 is 18.1 Å². The van der Waals surface area contributed by atoms with Crippen molar-refractivity contribution in [2.75, 3.05) is 94.8 Å². The van der Waals surface area contributed by atoms with Crippen molar-refractivity contribution < 1.29 is 36.3 Å². The van der Waals surface area contributed by atoms with Gasteiger partial charge in [0.15, 0.2) is 0 Å². The molecule has 0 fully saturated rings. The first-order valence-corrected chi connectivity index (χ1v) is 14.1. The van der Waals surface area contributed by atoms with E-state index in [4.69, 9.17) is 42.1 Å². The Morgan fingerprint density at radius 3 is 1.61 bits per heavy atom. The number of methoxy groups -OCH3 is 3. The monoisotopic (exact) mass is 486 g/mol. The lowest BCUT2D eigenvalue weighted by molar-refractivity contribution is 0.0232. The molecule has 0 aromatic carbocycles. The van der Waals surface area contributed by atoms with Gasteiger partial charge in [-0.05, 0) is 24.7 Å². The molecule has 0 aromatic heterocycles. The summed E-state index contributed by atoms with van der Waals surface area (Å²) in [6.45, 7) is 9.03. The number of ether oxygens (including phenoxy) is 3. The standard InChI is InChI=1S/C11H24O6Si.C8H22N2O2Si/c1-5-18(15-9-6-12-2,16-10-7-13-3)17-11-8-14-4;1-11-13(12-2)8-4-3-6-10-7-5-9/h5H,1,6-11H2,2-4H3;10,13H,3-9H2,1-2H3. The maximum Gasteiger partial charge on any atom is 0.529 e. The van der Waals surface area contributed by atoms with Gasteiger partial charge in [-0.15, -0.1) is 0 Å². The van der Waals surface area contributed by atoms with Crippen LogP contribution < -0.4 is 11.1 Å².